The molecule has 152 valence electrons. The predicted octanol–water partition coefficient (Wildman–Crippen LogP) is 2.31. The number of nitrogens with one attached hydrogen (secondary N) is 1. The van der Waals surface area contributed by atoms with Crippen molar-refractivity contribution < 1.29 is 22.5 Å². The summed E-state index contributed by atoms with van der Waals surface area (Å²) < 4.78 is 28.9. The first-order valence-corrected chi connectivity index (χ1v) is 10.8. The van der Waals surface area contributed by atoms with Crippen LogP contribution in [0.25, 0.3) is 0 Å². The molecular weight excluding hydrogens is 426 g/mol. The molecule has 0 saturated carbocycles. The van der Waals surface area contributed by atoms with Crippen LogP contribution in [0, 0.1) is 0 Å². The Hall–Kier alpha value is -1.40. The number of rotatable bonds is 8. The highest BCUT2D eigenvalue weighted by atomic mass is 35.5. The SMILES string of the molecule is O=C(COS(=O)O)Nc1nc(CN2CCOCC2)c(Cc2cccc(Cl)c2)s1. The molecule has 0 aliphatic carbocycles. The lowest BCUT2D eigenvalue weighted by molar-refractivity contribution is -0.118. The van der Waals surface area contributed by atoms with Crippen LogP contribution in [0.2, 0.25) is 5.02 Å². The predicted molar refractivity (Wildman–Crippen MR) is 108 cm³/mol. The van der Waals surface area contributed by atoms with Gasteiger partial charge in [-0.3, -0.25) is 23.7 Å². The number of carbonyl (C=O) groups is 1. The van der Waals surface area contributed by atoms with E-state index in [0.717, 1.165) is 29.2 Å². The molecule has 1 amide bonds. The van der Waals surface area contributed by atoms with Crippen molar-refractivity contribution in [3.63, 3.8) is 0 Å². The zero-order valence-corrected chi connectivity index (χ0v) is 17.3. The molecule has 2 aromatic rings. The summed E-state index contributed by atoms with van der Waals surface area (Å²) in [4.78, 5) is 19.7. The van der Waals surface area contributed by atoms with Crippen LogP contribution < -0.4 is 5.32 Å². The molecule has 1 atom stereocenters. The Labute approximate surface area is 174 Å². The third kappa shape index (κ3) is 6.59. The molecule has 1 aromatic heterocycles. The topological polar surface area (TPSA) is 101 Å². The van der Waals surface area contributed by atoms with E-state index in [0.29, 0.717) is 36.3 Å². The minimum absolute atomic E-state index is 0.428. The number of aromatic nitrogens is 1. The van der Waals surface area contributed by atoms with Crippen LogP contribution in [-0.2, 0) is 38.0 Å². The number of nitrogens with zero attached hydrogens (tertiary/aromatic N) is 2. The van der Waals surface area contributed by atoms with Crippen molar-refractivity contribution in [2.75, 3.05) is 38.2 Å². The summed E-state index contributed by atoms with van der Waals surface area (Å²) in [6.07, 6.45) is 0.644. The summed E-state index contributed by atoms with van der Waals surface area (Å²) in [5, 5.41) is 3.72. The van der Waals surface area contributed by atoms with Crippen molar-refractivity contribution in [3.8, 4) is 0 Å². The molecule has 1 aliphatic rings. The van der Waals surface area contributed by atoms with Gasteiger partial charge in [-0.2, -0.15) is 4.21 Å². The highest BCUT2D eigenvalue weighted by Crippen LogP contribution is 2.28. The van der Waals surface area contributed by atoms with Crippen molar-refractivity contribution in [1.82, 2.24) is 9.88 Å². The van der Waals surface area contributed by atoms with Gasteiger partial charge in [-0.05, 0) is 17.7 Å². The Morgan fingerprint density at radius 1 is 1.43 bits per heavy atom. The number of halogens is 1. The number of thiazole rings is 1. The van der Waals surface area contributed by atoms with Gasteiger partial charge < -0.3 is 4.74 Å². The van der Waals surface area contributed by atoms with Gasteiger partial charge in [0.05, 0.1) is 18.9 Å². The second-order valence-electron chi connectivity index (χ2n) is 6.11. The summed E-state index contributed by atoms with van der Waals surface area (Å²) in [6.45, 7) is 3.16. The molecular formula is C17H20ClN3O5S2. The van der Waals surface area contributed by atoms with Crippen molar-refractivity contribution in [1.29, 1.82) is 0 Å². The Balaban J connectivity index is 1.75. The van der Waals surface area contributed by atoms with Gasteiger partial charge in [-0.1, -0.05) is 23.7 Å². The Bertz CT molecular complexity index is 842. The van der Waals surface area contributed by atoms with Crippen molar-refractivity contribution in [2.45, 2.75) is 13.0 Å². The summed E-state index contributed by atoms with van der Waals surface area (Å²) in [5.41, 5.74) is 1.94. The molecule has 2 N–H and O–H groups in total. The van der Waals surface area contributed by atoms with Crippen LogP contribution in [0.3, 0.4) is 0 Å². The second-order valence-corrected chi connectivity index (χ2v) is 8.30. The molecule has 0 spiro atoms. The van der Waals surface area contributed by atoms with E-state index in [-0.39, 0.29) is 0 Å². The van der Waals surface area contributed by atoms with Gasteiger partial charge in [0.15, 0.2) is 5.13 Å². The monoisotopic (exact) mass is 445 g/mol. The van der Waals surface area contributed by atoms with E-state index in [4.69, 9.17) is 20.9 Å². The molecule has 0 radical (unpaired) electrons. The van der Waals surface area contributed by atoms with Gasteiger partial charge in [-0.15, -0.1) is 11.3 Å². The standard InChI is InChI=1S/C17H20ClN3O5S2/c18-13-3-1-2-12(8-13)9-15-14(10-21-4-6-25-7-5-21)19-17(27-15)20-16(22)11-26-28(23)24/h1-3,8H,4-7,9-11H2,(H,23,24)(H,19,20,22). The number of morpholine rings is 1. The summed E-state index contributed by atoms with van der Waals surface area (Å²) in [7, 11) is 0. The molecule has 3 rings (SSSR count). The number of ether oxygens (including phenoxy) is 1. The average Bonchev–Trinajstić information content (AvgIpc) is 3.01. The molecule has 8 nitrogen and oxygen atoms in total. The van der Waals surface area contributed by atoms with Crippen molar-refractivity contribution >= 4 is 45.3 Å². The molecule has 0 bridgehead atoms. The zero-order valence-electron chi connectivity index (χ0n) is 14.9. The fourth-order valence-electron chi connectivity index (χ4n) is 2.76. The van der Waals surface area contributed by atoms with Gasteiger partial charge in [0, 0.05) is 36.0 Å². The van der Waals surface area contributed by atoms with Crippen LogP contribution in [0.1, 0.15) is 16.1 Å². The molecule has 1 fully saturated rings. The van der Waals surface area contributed by atoms with Crippen LogP contribution in [-0.4, -0.2) is 57.5 Å². The molecule has 1 aliphatic heterocycles. The highest BCUT2D eigenvalue weighted by Gasteiger charge is 2.18. The van der Waals surface area contributed by atoms with E-state index in [1.807, 2.05) is 24.3 Å². The van der Waals surface area contributed by atoms with Gasteiger partial charge in [-0.25, -0.2) is 4.98 Å². The second kappa shape index (κ2) is 10.4. The third-order valence-corrected chi connectivity index (χ3v) is 5.61. The third-order valence-electron chi connectivity index (χ3n) is 4.05. The van der Waals surface area contributed by atoms with Gasteiger partial charge in [0.1, 0.15) is 6.61 Å². The maximum Gasteiger partial charge on any atom is 0.302 e. The molecule has 1 unspecified atom stereocenters. The van der Waals surface area contributed by atoms with Gasteiger partial charge in [0.25, 0.3) is 5.91 Å². The number of carbonyl (C=O) groups excluding carboxylic acids is 1. The summed E-state index contributed by atoms with van der Waals surface area (Å²) in [5.74, 6) is -0.539. The van der Waals surface area contributed by atoms with Crippen molar-refractivity contribution in [3.05, 3.63) is 45.4 Å². The number of benzene rings is 1. The minimum atomic E-state index is -2.49. The first kappa shape index (κ1) is 21.3. The van der Waals surface area contributed by atoms with Gasteiger partial charge in [0.2, 0.25) is 0 Å². The van der Waals surface area contributed by atoms with Gasteiger partial charge >= 0.3 is 11.4 Å². The lowest BCUT2D eigenvalue weighted by atomic mass is 10.1. The van der Waals surface area contributed by atoms with E-state index in [1.54, 1.807) is 0 Å². The van der Waals surface area contributed by atoms with Crippen LogP contribution in [0.5, 0.6) is 0 Å². The normalized spacial score (nSPS) is 16.1. The fraction of sp³-hybridized carbons (Fsp3) is 0.412. The van der Waals surface area contributed by atoms with Crippen molar-refractivity contribution in [2.24, 2.45) is 0 Å². The van der Waals surface area contributed by atoms with E-state index in [2.05, 4.69) is 19.4 Å². The Morgan fingerprint density at radius 2 is 2.21 bits per heavy atom. The number of amides is 1. The molecule has 1 saturated heterocycles. The van der Waals surface area contributed by atoms with E-state index in [9.17, 15) is 9.00 Å². The largest absolute Gasteiger partial charge is 0.379 e. The molecule has 1 aromatic carbocycles. The van der Waals surface area contributed by atoms with Crippen LogP contribution >= 0.6 is 22.9 Å². The number of hydrogen-bond acceptors (Lipinski definition) is 7. The zero-order chi connectivity index (χ0) is 19.9. The van der Waals surface area contributed by atoms with E-state index < -0.39 is 23.9 Å². The number of anilines is 1. The minimum Gasteiger partial charge on any atom is -0.379 e. The first-order valence-electron chi connectivity index (χ1n) is 8.56. The maximum absolute atomic E-state index is 11.9. The lowest BCUT2D eigenvalue weighted by Gasteiger charge is -2.26. The quantitative estimate of drug-likeness (QED) is 0.601. The molecule has 11 heteroatoms. The maximum atomic E-state index is 11.9. The summed E-state index contributed by atoms with van der Waals surface area (Å²) >= 11 is 4.98. The van der Waals surface area contributed by atoms with E-state index >= 15 is 0 Å². The Kier molecular flexibility index (Phi) is 7.91. The first-order chi connectivity index (χ1) is 13.5. The fourth-order valence-corrected chi connectivity index (χ4v) is 4.20. The smallest absolute Gasteiger partial charge is 0.302 e. The molecule has 28 heavy (non-hydrogen) atoms. The highest BCUT2D eigenvalue weighted by molar-refractivity contribution is 7.74. The average molecular weight is 446 g/mol. The van der Waals surface area contributed by atoms with E-state index in [1.165, 1.54) is 11.3 Å². The Morgan fingerprint density at radius 3 is 2.93 bits per heavy atom. The van der Waals surface area contributed by atoms with Crippen LogP contribution in [0.15, 0.2) is 24.3 Å². The molecule has 2 heterocycles. The lowest BCUT2D eigenvalue weighted by Crippen LogP contribution is -2.36. The van der Waals surface area contributed by atoms with Crippen LogP contribution in [0.4, 0.5) is 5.13 Å². The summed E-state index contributed by atoms with van der Waals surface area (Å²) in [6, 6.07) is 7.62. The number of hydrogen-bond donors (Lipinski definition) is 2.